The minimum Gasteiger partial charge on any atom is -0.357 e. The molecule has 0 saturated carbocycles. The van der Waals surface area contributed by atoms with E-state index in [9.17, 15) is 4.79 Å². The summed E-state index contributed by atoms with van der Waals surface area (Å²) in [6.07, 6.45) is 3.52. The van der Waals surface area contributed by atoms with Crippen molar-refractivity contribution in [2.75, 3.05) is 33.2 Å². The molecule has 0 aliphatic carbocycles. The maximum atomic E-state index is 11.8. The number of guanidine groups is 1. The van der Waals surface area contributed by atoms with Gasteiger partial charge in [0.1, 0.15) is 0 Å². The molecule has 0 radical (unpaired) electrons. The Morgan fingerprint density at radius 3 is 2.69 bits per heavy atom. The fraction of sp³-hybridized carbons (Fsp3) is 0.600. The van der Waals surface area contributed by atoms with Crippen LogP contribution in [0.15, 0.2) is 29.3 Å². The van der Waals surface area contributed by atoms with Gasteiger partial charge in [0.25, 0.3) is 5.91 Å². The quantitative estimate of drug-likeness (QED) is 0.514. The fourth-order valence-electron chi connectivity index (χ4n) is 3.26. The normalized spacial score (nSPS) is 16.3. The summed E-state index contributed by atoms with van der Waals surface area (Å²) >= 11 is 0. The van der Waals surface area contributed by atoms with E-state index in [-0.39, 0.29) is 5.91 Å². The molecule has 6 heteroatoms. The van der Waals surface area contributed by atoms with Crippen LogP contribution in [0.1, 0.15) is 49.0 Å². The molecule has 1 heterocycles. The Morgan fingerprint density at radius 2 is 2.04 bits per heavy atom. The first kappa shape index (κ1) is 20.2. The first-order valence-corrected chi connectivity index (χ1v) is 9.74. The summed E-state index contributed by atoms with van der Waals surface area (Å²) in [7, 11) is 1.65. The molecule has 1 saturated heterocycles. The van der Waals surface area contributed by atoms with Crippen LogP contribution >= 0.6 is 0 Å². The summed E-state index contributed by atoms with van der Waals surface area (Å²) in [5.41, 5.74) is 1.70. The van der Waals surface area contributed by atoms with Crippen LogP contribution in [0.25, 0.3) is 0 Å². The lowest BCUT2D eigenvalue weighted by molar-refractivity contribution is 0.0963. The molecule has 0 aromatic heterocycles. The van der Waals surface area contributed by atoms with E-state index in [2.05, 4.69) is 34.7 Å². The van der Waals surface area contributed by atoms with Gasteiger partial charge in [-0.3, -0.25) is 4.79 Å². The summed E-state index contributed by atoms with van der Waals surface area (Å²) in [5, 5.41) is 9.56. The largest absolute Gasteiger partial charge is 0.357 e. The van der Waals surface area contributed by atoms with E-state index in [1.807, 2.05) is 24.3 Å². The van der Waals surface area contributed by atoms with Crippen LogP contribution in [-0.4, -0.2) is 56.0 Å². The van der Waals surface area contributed by atoms with Gasteiger partial charge in [0.05, 0.1) is 6.54 Å². The minimum atomic E-state index is -0.0697. The molecule has 0 bridgehead atoms. The van der Waals surface area contributed by atoms with Gasteiger partial charge in [-0.05, 0) is 50.4 Å². The Kier molecular flexibility index (Phi) is 8.41. The Labute approximate surface area is 157 Å². The molecule has 1 aliphatic heterocycles. The molecule has 0 unspecified atom stereocenters. The van der Waals surface area contributed by atoms with Crippen LogP contribution < -0.4 is 16.0 Å². The smallest absolute Gasteiger partial charge is 0.251 e. The number of likely N-dealkylation sites (tertiary alicyclic amines) is 1. The van der Waals surface area contributed by atoms with Crippen molar-refractivity contribution in [2.24, 2.45) is 4.99 Å². The number of carbonyl (C=O) groups excluding carboxylic acids is 1. The third-order valence-corrected chi connectivity index (χ3v) is 4.65. The maximum Gasteiger partial charge on any atom is 0.251 e. The molecule has 1 aliphatic rings. The lowest BCUT2D eigenvalue weighted by Gasteiger charge is -2.32. The summed E-state index contributed by atoms with van der Waals surface area (Å²) in [6.45, 7) is 9.20. The third kappa shape index (κ3) is 6.33. The summed E-state index contributed by atoms with van der Waals surface area (Å²) in [6, 6.07) is 8.09. The number of hydrogen-bond acceptors (Lipinski definition) is 3. The van der Waals surface area contributed by atoms with E-state index in [4.69, 9.17) is 4.99 Å². The summed E-state index contributed by atoms with van der Waals surface area (Å²) < 4.78 is 0. The van der Waals surface area contributed by atoms with Gasteiger partial charge in [-0.2, -0.15) is 0 Å². The Bertz CT molecular complexity index is 594. The van der Waals surface area contributed by atoms with E-state index in [1.165, 1.54) is 13.0 Å². The molecule has 1 amide bonds. The van der Waals surface area contributed by atoms with Crippen LogP contribution in [0.3, 0.4) is 0 Å². The van der Waals surface area contributed by atoms with Crippen molar-refractivity contribution in [3.8, 4) is 0 Å². The molecule has 26 heavy (non-hydrogen) atoms. The highest BCUT2D eigenvalue weighted by atomic mass is 16.1. The molecule has 6 nitrogen and oxygen atoms in total. The number of amides is 1. The van der Waals surface area contributed by atoms with Gasteiger partial charge in [0, 0.05) is 38.3 Å². The monoisotopic (exact) mass is 359 g/mol. The van der Waals surface area contributed by atoms with Crippen LogP contribution in [0.2, 0.25) is 0 Å². The van der Waals surface area contributed by atoms with Crippen molar-refractivity contribution in [1.29, 1.82) is 0 Å². The highest BCUT2D eigenvalue weighted by Gasteiger charge is 2.19. The first-order valence-electron chi connectivity index (χ1n) is 9.74. The van der Waals surface area contributed by atoms with E-state index < -0.39 is 0 Å². The average molecular weight is 360 g/mol. The van der Waals surface area contributed by atoms with Crippen LogP contribution in [-0.2, 0) is 6.54 Å². The van der Waals surface area contributed by atoms with Crippen molar-refractivity contribution in [3.63, 3.8) is 0 Å². The zero-order valence-corrected chi connectivity index (χ0v) is 16.3. The lowest BCUT2D eigenvalue weighted by atomic mass is 10.1. The predicted molar refractivity (Wildman–Crippen MR) is 108 cm³/mol. The third-order valence-electron chi connectivity index (χ3n) is 4.65. The number of carbonyl (C=O) groups is 1. The molecule has 1 aromatic carbocycles. The van der Waals surface area contributed by atoms with Gasteiger partial charge in [0.2, 0.25) is 0 Å². The van der Waals surface area contributed by atoms with Crippen molar-refractivity contribution in [3.05, 3.63) is 35.4 Å². The molecule has 1 aromatic rings. The van der Waals surface area contributed by atoms with Crippen LogP contribution in [0, 0.1) is 0 Å². The van der Waals surface area contributed by atoms with Gasteiger partial charge in [0.15, 0.2) is 5.96 Å². The molecule has 1 fully saturated rings. The molecule has 144 valence electrons. The number of benzene rings is 1. The second-order valence-corrected chi connectivity index (χ2v) is 6.73. The number of hydrogen-bond donors (Lipinski definition) is 3. The second-order valence-electron chi connectivity index (χ2n) is 6.73. The van der Waals surface area contributed by atoms with Crippen molar-refractivity contribution >= 4 is 11.9 Å². The van der Waals surface area contributed by atoms with Crippen LogP contribution in [0.4, 0.5) is 0 Å². The standard InChI is InChI=1S/C20H33N5O/c1-4-11-25-12-9-18(10-13-25)24-20(22-5-2)23-15-16-7-6-8-17(14-16)19(26)21-3/h6-8,14,18H,4-5,9-13,15H2,1-3H3,(H,21,26)(H2,22,23,24). The van der Waals surface area contributed by atoms with E-state index in [0.29, 0.717) is 18.2 Å². The topological polar surface area (TPSA) is 68.8 Å². The molecular weight excluding hydrogens is 326 g/mol. The number of nitrogens with zero attached hydrogens (tertiary/aromatic N) is 2. The predicted octanol–water partition coefficient (Wildman–Crippen LogP) is 1.98. The molecule has 3 N–H and O–H groups in total. The summed E-state index contributed by atoms with van der Waals surface area (Å²) in [5.74, 6) is 0.784. The molecule has 2 rings (SSSR count). The van der Waals surface area contributed by atoms with Crippen molar-refractivity contribution < 1.29 is 4.79 Å². The zero-order chi connectivity index (χ0) is 18.8. The van der Waals surface area contributed by atoms with Gasteiger partial charge in [-0.1, -0.05) is 19.1 Å². The van der Waals surface area contributed by atoms with E-state index >= 15 is 0 Å². The molecule has 0 atom stereocenters. The zero-order valence-electron chi connectivity index (χ0n) is 16.3. The highest BCUT2D eigenvalue weighted by Crippen LogP contribution is 2.11. The van der Waals surface area contributed by atoms with Gasteiger partial charge in [-0.15, -0.1) is 0 Å². The van der Waals surface area contributed by atoms with E-state index in [0.717, 1.165) is 44.0 Å². The van der Waals surface area contributed by atoms with E-state index in [1.54, 1.807) is 7.05 Å². The highest BCUT2D eigenvalue weighted by molar-refractivity contribution is 5.94. The van der Waals surface area contributed by atoms with Gasteiger partial charge >= 0.3 is 0 Å². The number of aliphatic imine (C=N–C) groups is 1. The van der Waals surface area contributed by atoms with Gasteiger partial charge in [-0.25, -0.2) is 4.99 Å². The minimum absolute atomic E-state index is 0.0697. The Balaban J connectivity index is 1.93. The Hall–Kier alpha value is -2.08. The second kappa shape index (κ2) is 10.8. The van der Waals surface area contributed by atoms with Gasteiger partial charge < -0.3 is 20.9 Å². The molecular formula is C20H33N5O. The number of piperidine rings is 1. The number of nitrogens with one attached hydrogen (secondary N) is 3. The van der Waals surface area contributed by atoms with Crippen molar-refractivity contribution in [2.45, 2.75) is 45.7 Å². The van der Waals surface area contributed by atoms with Crippen LogP contribution in [0.5, 0.6) is 0 Å². The first-order chi connectivity index (χ1) is 12.7. The molecule has 0 spiro atoms. The lowest BCUT2D eigenvalue weighted by Crippen LogP contribution is -2.48. The summed E-state index contributed by atoms with van der Waals surface area (Å²) in [4.78, 5) is 19.0. The maximum absolute atomic E-state index is 11.8. The average Bonchev–Trinajstić information content (AvgIpc) is 2.67. The fourth-order valence-corrected chi connectivity index (χ4v) is 3.26. The Morgan fingerprint density at radius 1 is 1.27 bits per heavy atom. The number of rotatable bonds is 7. The SMILES string of the molecule is CCCN1CCC(NC(=NCc2cccc(C(=O)NC)c2)NCC)CC1. The van der Waals surface area contributed by atoms with Crippen molar-refractivity contribution in [1.82, 2.24) is 20.9 Å².